The van der Waals surface area contributed by atoms with Crippen molar-refractivity contribution in [1.82, 2.24) is 10.6 Å². The number of nitrogens with one attached hydrogen (secondary N) is 2. The van der Waals surface area contributed by atoms with Gasteiger partial charge in [0.05, 0.1) is 12.8 Å². The van der Waals surface area contributed by atoms with Crippen molar-refractivity contribution >= 4 is 11.8 Å². The molecule has 0 radical (unpaired) electrons. The monoisotopic (exact) mass is 254 g/mol. The maximum Gasteiger partial charge on any atom is 0.287 e. The Morgan fingerprint density at radius 1 is 1.39 bits per heavy atom. The van der Waals surface area contributed by atoms with E-state index in [1.807, 2.05) is 13.8 Å². The fourth-order valence-corrected chi connectivity index (χ4v) is 1.11. The summed E-state index contributed by atoms with van der Waals surface area (Å²) in [6, 6.07) is 3.11. The molecule has 18 heavy (non-hydrogen) atoms. The van der Waals surface area contributed by atoms with Crippen LogP contribution in [0, 0.1) is 5.41 Å². The second-order valence-electron chi connectivity index (χ2n) is 4.76. The van der Waals surface area contributed by atoms with Crippen molar-refractivity contribution in [2.45, 2.75) is 13.8 Å². The maximum absolute atomic E-state index is 11.4. The number of carbonyl (C=O) groups excluding carboxylic acids is 2. The molecule has 3 N–H and O–H groups in total. The van der Waals surface area contributed by atoms with E-state index in [-0.39, 0.29) is 30.2 Å². The minimum absolute atomic E-state index is 0.0218. The predicted octanol–water partition coefficient (Wildman–Crippen LogP) is 0.144. The third-order valence-corrected chi connectivity index (χ3v) is 2.35. The van der Waals surface area contributed by atoms with Crippen LogP contribution < -0.4 is 10.6 Å². The molecule has 1 aromatic heterocycles. The normalized spacial score (nSPS) is 11.1. The Kier molecular flexibility index (Phi) is 4.91. The lowest BCUT2D eigenvalue weighted by atomic mass is 9.95. The topological polar surface area (TPSA) is 91.6 Å². The summed E-state index contributed by atoms with van der Waals surface area (Å²) >= 11 is 0. The molecule has 0 atom stereocenters. The third kappa shape index (κ3) is 4.58. The second-order valence-corrected chi connectivity index (χ2v) is 4.76. The molecule has 2 amide bonds. The van der Waals surface area contributed by atoms with E-state index in [2.05, 4.69) is 10.6 Å². The summed E-state index contributed by atoms with van der Waals surface area (Å²) < 4.78 is 4.88. The molecular formula is C12H18N2O4. The zero-order valence-electron chi connectivity index (χ0n) is 10.5. The molecule has 0 aliphatic rings. The zero-order chi connectivity index (χ0) is 13.6. The van der Waals surface area contributed by atoms with Crippen LogP contribution >= 0.6 is 0 Å². The van der Waals surface area contributed by atoms with Gasteiger partial charge in [0.15, 0.2) is 5.76 Å². The van der Waals surface area contributed by atoms with Crippen molar-refractivity contribution in [1.29, 1.82) is 0 Å². The second kappa shape index (κ2) is 6.20. The first-order valence-corrected chi connectivity index (χ1v) is 5.64. The van der Waals surface area contributed by atoms with Gasteiger partial charge in [0.2, 0.25) is 5.91 Å². The average Bonchev–Trinajstić information content (AvgIpc) is 2.87. The van der Waals surface area contributed by atoms with Crippen molar-refractivity contribution in [3.05, 3.63) is 24.2 Å². The highest BCUT2D eigenvalue weighted by Gasteiger charge is 2.17. The minimum atomic E-state index is -0.434. The fourth-order valence-electron chi connectivity index (χ4n) is 1.11. The highest BCUT2D eigenvalue weighted by Crippen LogP contribution is 2.10. The standard InChI is InChI=1S/C12H18N2O4/c1-12(2,8-15)7-14-10(16)6-13-11(17)9-4-3-5-18-9/h3-5,15H,6-8H2,1-2H3,(H,13,17)(H,14,16). The highest BCUT2D eigenvalue weighted by atomic mass is 16.3. The lowest BCUT2D eigenvalue weighted by Gasteiger charge is -2.21. The number of rotatable bonds is 6. The van der Waals surface area contributed by atoms with Gasteiger partial charge in [0.25, 0.3) is 5.91 Å². The molecule has 1 aromatic rings. The number of aliphatic hydroxyl groups excluding tert-OH is 1. The molecule has 0 saturated heterocycles. The van der Waals surface area contributed by atoms with E-state index in [0.29, 0.717) is 6.54 Å². The molecule has 0 aromatic carbocycles. The quantitative estimate of drug-likeness (QED) is 0.673. The van der Waals surface area contributed by atoms with Crippen LogP contribution in [-0.2, 0) is 4.79 Å². The summed E-state index contributed by atoms with van der Waals surface area (Å²) in [5.41, 5.74) is -0.374. The van der Waals surface area contributed by atoms with Gasteiger partial charge in [-0.15, -0.1) is 0 Å². The van der Waals surface area contributed by atoms with Crippen LogP contribution in [0.25, 0.3) is 0 Å². The summed E-state index contributed by atoms with van der Waals surface area (Å²) in [6.45, 7) is 3.86. The lowest BCUT2D eigenvalue weighted by molar-refractivity contribution is -0.120. The van der Waals surface area contributed by atoms with Crippen molar-refractivity contribution in [3.63, 3.8) is 0 Å². The van der Waals surface area contributed by atoms with Crippen molar-refractivity contribution < 1.29 is 19.1 Å². The Balaban J connectivity index is 2.28. The number of amides is 2. The maximum atomic E-state index is 11.4. The van der Waals surface area contributed by atoms with E-state index in [1.54, 1.807) is 6.07 Å². The summed E-state index contributed by atoms with van der Waals surface area (Å²) in [5.74, 6) is -0.577. The number of furan rings is 1. The van der Waals surface area contributed by atoms with Crippen molar-refractivity contribution in [3.8, 4) is 0 Å². The zero-order valence-corrected chi connectivity index (χ0v) is 10.5. The molecule has 0 spiro atoms. The molecule has 0 aliphatic carbocycles. The molecule has 0 saturated carbocycles. The summed E-state index contributed by atoms with van der Waals surface area (Å²) in [5, 5.41) is 14.1. The van der Waals surface area contributed by atoms with Gasteiger partial charge in [0, 0.05) is 18.6 Å². The van der Waals surface area contributed by atoms with Crippen LogP contribution in [0.1, 0.15) is 24.4 Å². The van der Waals surface area contributed by atoms with E-state index in [4.69, 9.17) is 9.52 Å². The van der Waals surface area contributed by atoms with Crippen LogP contribution in [0.3, 0.4) is 0 Å². The van der Waals surface area contributed by atoms with Crippen LogP contribution in [0.4, 0.5) is 0 Å². The Labute approximate surface area is 105 Å². The van der Waals surface area contributed by atoms with Crippen LogP contribution in [-0.4, -0.2) is 36.6 Å². The number of aliphatic hydroxyl groups is 1. The number of hydrogen-bond donors (Lipinski definition) is 3. The van der Waals surface area contributed by atoms with Gasteiger partial charge in [-0.2, -0.15) is 0 Å². The van der Waals surface area contributed by atoms with Gasteiger partial charge < -0.3 is 20.2 Å². The van der Waals surface area contributed by atoms with Gasteiger partial charge in [-0.1, -0.05) is 13.8 Å². The van der Waals surface area contributed by atoms with E-state index in [1.165, 1.54) is 12.3 Å². The van der Waals surface area contributed by atoms with E-state index >= 15 is 0 Å². The lowest BCUT2D eigenvalue weighted by Crippen LogP contribution is -2.41. The predicted molar refractivity (Wildman–Crippen MR) is 64.9 cm³/mol. The van der Waals surface area contributed by atoms with Crippen LogP contribution in [0.15, 0.2) is 22.8 Å². The first kappa shape index (κ1) is 14.2. The first-order chi connectivity index (χ1) is 8.44. The van der Waals surface area contributed by atoms with Gasteiger partial charge in [-0.3, -0.25) is 9.59 Å². The third-order valence-electron chi connectivity index (χ3n) is 2.35. The first-order valence-electron chi connectivity index (χ1n) is 5.64. The highest BCUT2D eigenvalue weighted by molar-refractivity contribution is 5.94. The molecule has 0 fully saturated rings. The van der Waals surface area contributed by atoms with Gasteiger partial charge in [-0.05, 0) is 12.1 Å². The minimum Gasteiger partial charge on any atom is -0.459 e. The molecule has 0 aliphatic heterocycles. The van der Waals surface area contributed by atoms with Crippen molar-refractivity contribution in [2.75, 3.05) is 19.7 Å². The Morgan fingerprint density at radius 2 is 2.11 bits per heavy atom. The molecule has 100 valence electrons. The van der Waals surface area contributed by atoms with E-state index in [0.717, 1.165) is 0 Å². The van der Waals surface area contributed by atoms with Crippen LogP contribution in [0.5, 0.6) is 0 Å². The molecule has 1 rings (SSSR count). The Bertz CT molecular complexity index is 398. The molecule has 6 heteroatoms. The Hall–Kier alpha value is -1.82. The Morgan fingerprint density at radius 3 is 2.67 bits per heavy atom. The summed E-state index contributed by atoms with van der Waals surface area (Å²) in [4.78, 5) is 22.9. The van der Waals surface area contributed by atoms with Crippen molar-refractivity contribution in [2.24, 2.45) is 5.41 Å². The van der Waals surface area contributed by atoms with E-state index in [9.17, 15) is 9.59 Å². The molecule has 0 unspecified atom stereocenters. The van der Waals surface area contributed by atoms with Gasteiger partial charge in [0.1, 0.15) is 0 Å². The van der Waals surface area contributed by atoms with Gasteiger partial charge in [-0.25, -0.2) is 0 Å². The molecule has 1 heterocycles. The fraction of sp³-hybridized carbons (Fsp3) is 0.500. The van der Waals surface area contributed by atoms with Crippen LogP contribution in [0.2, 0.25) is 0 Å². The number of hydrogen-bond acceptors (Lipinski definition) is 4. The average molecular weight is 254 g/mol. The summed E-state index contributed by atoms with van der Waals surface area (Å²) in [6.07, 6.45) is 1.39. The summed E-state index contributed by atoms with van der Waals surface area (Å²) in [7, 11) is 0. The van der Waals surface area contributed by atoms with Gasteiger partial charge >= 0.3 is 0 Å². The number of carbonyl (C=O) groups is 2. The largest absolute Gasteiger partial charge is 0.459 e. The van der Waals surface area contributed by atoms with E-state index < -0.39 is 5.91 Å². The molecule has 6 nitrogen and oxygen atoms in total. The molecular weight excluding hydrogens is 236 g/mol. The molecule has 0 bridgehead atoms. The SMILES string of the molecule is CC(C)(CO)CNC(=O)CNC(=O)c1ccco1. The smallest absolute Gasteiger partial charge is 0.287 e.